The van der Waals surface area contributed by atoms with Crippen molar-refractivity contribution in [3.63, 3.8) is 0 Å². The molecule has 0 amide bonds. The molecule has 1 unspecified atom stereocenters. The van der Waals surface area contributed by atoms with E-state index in [9.17, 15) is 4.79 Å². The van der Waals surface area contributed by atoms with Crippen LogP contribution in [0.15, 0.2) is 12.1 Å². The minimum Gasteiger partial charge on any atom is -0.493 e. The van der Waals surface area contributed by atoms with Gasteiger partial charge in [-0.1, -0.05) is 11.6 Å². The maximum Gasteiger partial charge on any atom is 0.310 e. The summed E-state index contributed by atoms with van der Waals surface area (Å²) < 4.78 is 11.0. The van der Waals surface area contributed by atoms with Crippen molar-refractivity contribution in [3.8, 4) is 11.5 Å². The molecule has 0 saturated heterocycles. The normalized spacial score (nSPS) is 16.2. The summed E-state index contributed by atoms with van der Waals surface area (Å²) in [6.07, 6.45) is 2.15. The van der Waals surface area contributed by atoms with Crippen molar-refractivity contribution in [1.29, 1.82) is 0 Å². The molecule has 5 heteroatoms. The van der Waals surface area contributed by atoms with E-state index < -0.39 is 11.9 Å². The van der Waals surface area contributed by atoms with Gasteiger partial charge in [0.15, 0.2) is 11.5 Å². The zero-order chi connectivity index (χ0) is 13.3. The second kappa shape index (κ2) is 5.06. The predicted molar refractivity (Wildman–Crippen MR) is 67.7 cm³/mol. The lowest BCUT2D eigenvalue weighted by Crippen LogP contribution is -2.11. The lowest BCUT2D eigenvalue weighted by Gasteiger charge is -2.17. The number of carboxylic acid groups (broad SMARTS) is 1. The minimum atomic E-state index is -0.917. The minimum absolute atomic E-state index is 0.167. The summed E-state index contributed by atoms with van der Waals surface area (Å²) in [4.78, 5) is 11.1. The topological polar surface area (TPSA) is 55.8 Å². The van der Waals surface area contributed by atoms with Crippen molar-refractivity contribution in [2.75, 3.05) is 7.11 Å². The van der Waals surface area contributed by atoms with Crippen LogP contribution in [0.3, 0.4) is 0 Å². The van der Waals surface area contributed by atoms with Gasteiger partial charge in [-0.25, -0.2) is 0 Å². The van der Waals surface area contributed by atoms with E-state index >= 15 is 0 Å². The molecule has 0 heterocycles. The average Bonchev–Trinajstić information content (AvgIpc) is 3.13. The van der Waals surface area contributed by atoms with Gasteiger partial charge in [-0.15, -0.1) is 0 Å². The molecule has 1 aromatic carbocycles. The molecule has 1 aliphatic carbocycles. The fourth-order valence-electron chi connectivity index (χ4n) is 1.67. The number of carboxylic acids is 1. The Bertz CT molecular complexity index is 468. The van der Waals surface area contributed by atoms with E-state index in [1.165, 1.54) is 7.11 Å². The van der Waals surface area contributed by atoms with Crippen LogP contribution in [0.4, 0.5) is 0 Å². The van der Waals surface area contributed by atoms with Crippen LogP contribution < -0.4 is 9.47 Å². The number of methoxy groups -OCH3 is 1. The lowest BCUT2D eigenvalue weighted by atomic mass is 10.00. The monoisotopic (exact) mass is 270 g/mol. The summed E-state index contributed by atoms with van der Waals surface area (Å²) >= 11 is 5.97. The highest BCUT2D eigenvalue weighted by molar-refractivity contribution is 6.30. The molecule has 0 spiro atoms. The van der Waals surface area contributed by atoms with E-state index in [2.05, 4.69) is 0 Å². The zero-order valence-corrected chi connectivity index (χ0v) is 11.0. The molecule has 0 aromatic heterocycles. The second-order valence-electron chi connectivity index (χ2n) is 4.40. The van der Waals surface area contributed by atoms with Crippen molar-refractivity contribution < 1.29 is 19.4 Å². The van der Waals surface area contributed by atoms with Crippen LogP contribution in [-0.4, -0.2) is 24.3 Å². The first-order valence-corrected chi connectivity index (χ1v) is 6.17. The molecule has 18 heavy (non-hydrogen) atoms. The molecular weight excluding hydrogens is 256 g/mol. The number of carbonyl (C=O) groups is 1. The highest BCUT2D eigenvalue weighted by atomic mass is 35.5. The summed E-state index contributed by atoms with van der Waals surface area (Å²) in [6, 6.07) is 3.26. The maximum absolute atomic E-state index is 11.1. The van der Waals surface area contributed by atoms with Gasteiger partial charge in [0.25, 0.3) is 0 Å². The number of ether oxygens (including phenoxy) is 2. The van der Waals surface area contributed by atoms with Gasteiger partial charge in [0, 0.05) is 16.7 Å². The summed E-state index contributed by atoms with van der Waals surface area (Å²) in [5.74, 6) is -0.622. The van der Waals surface area contributed by atoms with Crippen molar-refractivity contribution in [3.05, 3.63) is 22.7 Å². The van der Waals surface area contributed by atoms with E-state index in [1.54, 1.807) is 19.1 Å². The fourth-order valence-corrected chi connectivity index (χ4v) is 1.89. The standard InChI is InChI=1S/C13H15ClO4/c1-7(13(15)16)10-5-8(14)6-11(17-2)12(10)18-9-3-4-9/h5-7,9H,3-4H2,1-2H3,(H,15,16). The van der Waals surface area contributed by atoms with Crippen LogP contribution in [0.1, 0.15) is 31.2 Å². The van der Waals surface area contributed by atoms with E-state index in [1.807, 2.05) is 0 Å². The molecule has 1 aliphatic rings. The largest absolute Gasteiger partial charge is 0.493 e. The number of rotatable bonds is 5. The molecule has 98 valence electrons. The van der Waals surface area contributed by atoms with Crippen LogP contribution in [0.5, 0.6) is 11.5 Å². The SMILES string of the molecule is COc1cc(Cl)cc(C(C)C(=O)O)c1OC1CC1. The molecule has 0 bridgehead atoms. The average molecular weight is 271 g/mol. The van der Waals surface area contributed by atoms with Gasteiger partial charge in [0.1, 0.15) is 0 Å². The van der Waals surface area contributed by atoms with Gasteiger partial charge in [-0.3, -0.25) is 4.79 Å². The highest BCUT2D eigenvalue weighted by Crippen LogP contribution is 2.41. The fraction of sp³-hybridized carbons (Fsp3) is 0.462. The van der Waals surface area contributed by atoms with Gasteiger partial charge >= 0.3 is 5.97 Å². The van der Waals surface area contributed by atoms with E-state index in [-0.39, 0.29) is 6.10 Å². The van der Waals surface area contributed by atoms with Gasteiger partial charge in [0.2, 0.25) is 0 Å². The smallest absolute Gasteiger partial charge is 0.310 e. The number of hydrogen-bond donors (Lipinski definition) is 1. The number of hydrogen-bond acceptors (Lipinski definition) is 3. The van der Waals surface area contributed by atoms with E-state index in [0.717, 1.165) is 12.8 Å². The molecule has 1 N–H and O–H groups in total. The summed E-state index contributed by atoms with van der Waals surface area (Å²) in [5, 5.41) is 9.57. The third-order valence-corrected chi connectivity index (χ3v) is 3.13. The molecule has 2 rings (SSSR count). The van der Waals surface area contributed by atoms with Crippen LogP contribution in [0, 0.1) is 0 Å². The van der Waals surface area contributed by atoms with Gasteiger partial charge in [-0.05, 0) is 25.8 Å². The first-order valence-electron chi connectivity index (χ1n) is 5.79. The Hall–Kier alpha value is -1.42. The molecule has 0 radical (unpaired) electrons. The van der Waals surface area contributed by atoms with E-state index in [4.69, 9.17) is 26.2 Å². The summed E-state index contributed by atoms with van der Waals surface area (Å²) in [7, 11) is 1.51. The van der Waals surface area contributed by atoms with Crippen LogP contribution in [0.25, 0.3) is 0 Å². The Morgan fingerprint density at radius 3 is 2.67 bits per heavy atom. The molecule has 1 saturated carbocycles. The third-order valence-electron chi connectivity index (χ3n) is 2.91. The van der Waals surface area contributed by atoms with Crippen molar-refractivity contribution in [2.24, 2.45) is 0 Å². The van der Waals surface area contributed by atoms with Crippen molar-refractivity contribution >= 4 is 17.6 Å². The molecule has 1 atom stereocenters. The Labute approximate surface area is 110 Å². The first kappa shape index (κ1) is 13.0. The maximum atomic E-state index is 11.1. The number of halogens is 1. The second-order valence-corrected chi connectivity index (χ2v) is 4.84. The van der Waals surface area contributed by atoms with Crippen LogP contribution in [-0.2, 0) is 4.79 Å². The number of benzene rings is 1. The Kier molecular flexibility index (Phi) is 3.66. The summed E-state index contributed by atoms with van der Waals surface area (Å²) in [5.41, 5.74) is 0.554. The Morgan fingerprint density at radius 1 is 1.50 bits per heavy atom. The first-order chi connectivity index (χ1) is 8.52. The number of aliphatic carboxylic acids is 1. The molecule has 1 fully saturated rings. The predicted octanol–water partition coefficient (Wildman–Crippen LogP) is 3.08. The quantitative estimate of drug-likeness (QED) is 0.893. The van der Waals surface area contributed by atoms with Gasteiger partial charge in [0.05, 0.1) is 19.1 Å². The third kappa shape index (κ3) is 2.70. The molecule has 1 aromatic rings. The Balaban J connectivity index is 2.45. The van der Waals surface area contributed by atoms with Crippen LogP contribution >= 0.6 is 11.6 Å². The lowest BCUT2D eigenvalue weighted by molar-refractivity contribution is -0.138. The van der Waals surface area contributed by atoms with Crippen molar-refractivity contribution in [2.45, 2.75) is 31.8 Å². The van der Waals surface area contributed by atoms with Crippen molar-refractivity contribution in [1.82, 2.24) is 0 Å². The summed E-state index contributed by atoms with van der Waals surface area (Å²) in [6.45, 7) is 1.60. The highest BCUT2D eigenvalue weighted by Gasteiger charge is 2.29. The molecular formula is C13H15ClO4. The zero-order valence-electron chi connectivity index (χ0n) is 10.3. The van der Waals surface area contributed by atoms with E-state index in [0.29, 0.717) is 22.1 Å². The van der Waals surface area contributed by atoms with Gasteiger partial charge in [-0.2, -0.15) is 0 Å². The Morgan fingerprint density at radius 2 is 2.17 bits per heavy atom. The molecule has 0 aliphatic heterocycles. The van der Waals surface area contributed by atoms with Gasteiger partial charge < -0.3 is 14.6 Å². The van der Waals surface area contributed by atoms with Crippen LogP contribution in [0.2, 0.25) is 5.02 Å². The molecule has 4 nitrogen and oxygen atoms in total.